The molecular weight excluding hydrogens is 280 g/mol. The zero-order chi connectivity index (χ0) is 8.23. The van der Waals surface area contributed by atoms with E-state index in [1.54, 1.807) is 12.4 Å². The van der Waals surface area contributed by atoms with E-state index in [0.29, 0.717) is 0 Å². The van der Waals surface area contributed by atoms with E-state index in [0.717, 1.165) is 11.4 Å². The molecule has 0 aromatic carbocycles. The third kappa shape index (κ3) is 3.25. The molecule has 4 heteroatoms. The fourth-order valence-electron chi connectivity index (χ4n) is 1.03. The average Bonchev–Trinajstić information content (AvgIpc) is 2.21. The van der Waals surface area contributed by atoms with Crippen LogP contribution in [-0.4, -0.2) is 9.97 Å². The fourth-order valence-corrected chi connectivity index (χ4v) is 1.03. The van der Waals surface area contributed by atoms with E-state index in [2.05, 4.69) is 9.97 Å². The topological polar surface area (TPSA) is 25.8 Å². The van der Waals surface area contributed by atoms with Crippen LogP contribution >= 0.6 is 9.90 Å². The van der Waals surface area contributed by atoms with Gasteiger partial charge < -0.3 is 0 Å². The van der Waals surface area contributed by atoms with Crippen LogP contribution in [0.1, 0.15) is 0 Å². The van der Waals surface area contributed by atoms with Crippen LogP contribution in [0.15, 0.2) is 48.8 Å². The third-order valence-corrected chi connectivity index (χ3v) is 1.59. The Hall–Kier alpha value is -0.647. The first-order valence-corrected chi connectivity index (χ1v) is 3.79. The number of aromatic nitrogens is 2. The van der Waals surface area contributed by atoms with Gasteiger partial charge >= 0.3 is 0 Å². The molecule has 0 atom stereocenters. The summed E-state index contributed by atoms with van der Waals surface area (Å²) in [4.78, 5) is 8.37. The first-order valence-electron chi connectivity index (χ1n) is 3.79. The largest absolute Gasteiger partial charge is 0.255 e. The minimum absolute atomic E-state index is 0. The van der Waals surface area contributed by atoms with E-state index in [1.807, 2.05) is 36.4 Å². The summed E-state index contributed by atoms with van der Waals surface area (Å²) in [6, 6.07) is 11.6. The molecule has 2 aromatic heterocycles. The molecule has 14 heavy (non-hydrogen) atoms. The number of hydrogen-bond donors (Lipinski definition) is 0. The minimum atomic E-state index is 0. The molecule has 2 nitrogen and oxygen atoms in total. The second kappa shape index (κ2) is 6.76. The Bertz CT molecular complexity index is 316. The van der Waals surface area contributed by atoms with E-state index in [1.165, 1.54) is 0 Å². The quantitative estimate of drug-likeness (QED) is 0.595. The van der Waals surface area contributed by atoms with Gasteiger partial charge in [-0.1, -0.05) is 12.1 Å². The van der Waals surface area contributed by atoms with Crippen LogP contribution in [0, 0.1) is 0 Å². The van der Waals surface area contributed by atoms with Gasteiger partial charge in [0.05, 0.1) is 11.4 Å². The number of nitrogens with zero attached hydrogens (tertiary/aromatic N) is 2. The molecule has 2 heterocycles. The van der Waals surface area contributed by atoms with Crippen LogP contribution < -0.4 is 0 Å². The summed E-state index contributed by atoms with van der Waals surface area (Å²) in [6.07, 6.45) is 3.54. The van der Waals surface area contributed by atoms with E-state index in [4.69, 9.17) is 0 Å². The zero-order valence-electron chi connectivity index (χ0n) is 7.31. The Morgan fingerprint density at radius 2 is 1.14 bits per heavy atom. The summed E-state index contributed by atoms with van der Waals surface area (Å²) in [5.41, 5.74) is 1.83. The molecule has 0 aliphatic heterocycles. The average molecular weight is 288 g/mol. The van der Waals surface area contributed by atoms with Gasteiger partial charge in [-0.3, -0.25) is 9.97 Å². The van der Waals surface area contributed by atoms with Crippen LogP contribution in [-0.2, 0) is 19.5 Å². The zero-order valence-corrected chi connectivity index (χ0v) is 9.95. The monoisotopic (exact) mass is 289 g/mol. The van der Waals surface area contributed by atoms with Gasteiger partial charge in [-0.25, -0.2) is 0 Å². The van der Waals surface area contributed by atoms with Crippen LogP contribution in [0.2, 0.25) is 0 Å². The van der Waals surface area contributed by atoms with Crippen molar-refractivity contribution in [3.05, 3.63) is 48.8 Å². The van der Waals surface area contributed by atoms with Crippen LogP contribution in [0.25, 0.3) is 11.4 Å². The number of rotatable bonds is 1. The van der Waals surface area contributed by atoms with Crippen molar-refractivity contribution in [1.29, 1.82) is 0 Å². The van der Waals surface area contributed by atoms with Gasteiger partial charge in [-0.15, -0.1) is 0 Å². The van der Waals surface area contributed by atoms with Crippen molar-refractivity contribution in [3.63, 3.8) is 0 Å². The van der Waals surface area contributed by atoms with Crippen molar-refractivity contribution >= 4 is 9.90 Å². The first-order chi connectivity index (χ1) is 5.97. The second-order valence-corrected chi connectivity index (χ2v) is 2.43. The molecule has 0 aliphatic carbocycles. The van der Waals surface area contributed by atoms with Gasteiger partial charge in [0, 0.05) is 41.8 Å². The van der Waals surface area contributed by atoms with Gasteiger partial charge in [0.25, 0.3) is 0 Å². The smallest absolute Gasteiger partial charge is 0.0886 e. The van der Waals surface area contributed by atoms with Gasteiger partial charge in [0.1, 0.15) is 0 Å². The number of pyridine rings is 2. The molecule has 0 fully saturated rings. The Kier molecular flexibility index (Phi) is 6.44. The molecule has 0 saturated heterocycles. The summed E-state index contributed by atoms with van der Waals surface area (Å²) in [5.74, 6) is 0. The fraction of sp³-hybridized carbons (Fsp3) is 0. The molecule has 0 unspecified atom stereocenters. The molecule has 0 spiro atoms. The van der Waals surface area contributed by atoms with Crippen LogP contribution in [0.4, 0.5) is 0 Å². The van der Waals surface area contributed by atoms with Gasteiger partial charge in [0.15, 0.2) is 0 Å². The maximum absolute atomic E-state index is 4.19. The van der Waals surface area contributed by atoms with Crippen molar-refractivity contribution in [1.82, 2.24) is 9.97 Å². The minimum Gasteiger partial charge on any atom is -0.255 e. The standard InChI is InChI=1S/C10H8N2.P.Ru/c1-3-7-11-9(5-1)10-6-2-4-8-12-10;;/h1-8H;;. The molecule has 0 saturated carbocycles. The predicted octanol–water partition coefficient (Wildman–Crippen LogP) is 3.00. The maximum atomic E-state index is 4.19. The van der Waals surface area contributed by atoms with Gasteiger partial charge in [-0.2, -0.15) is 0 Å². The van der Waals surface area contributed by atoms with Gasteiger partial charge in [0.2, 0.25) is 0 Å². The molecule has 3 radical (unpaired) electrons. The SMILES string of the molecule is [P].[Ru].c1ccc(-c2ccccn2)nc1. The summed E-state index contributed by atoms with van der Waals surface area (Å²) >= 11 is 0. The second-order valence-electron chi connectivity index (χ2n) is 2.43. The van der Waals surface area contributed by atoms with E-state index in [-0.39, 0.29) is 29.4 Å². The summed E-state index contributed by atoms with van der Waals surface area (Å²) in [6.45, 7) is 0. The van der Waals surface area contributed by atoms with E-state index < -0.39 is 0 Å². The maximum Gasteiger partial charge on any atom is 0.0886 e. The molecule has 2 rings (SSSR count). The Balaban J connectivity index is 0.000000845. The molecule has 0 bridgehead atoms. The predicted molar refractivity (Wildman–Crippen MR) is 54.4 cm³/mol. The molecular formula is C10H8N2PRu. The molecule has 71 valence electrons. The number of hydrogen-bond acceptors (Lipinski definition) is 2. The van der Waals surface area contributed by atoms with Crippen LogP contribution in [0.5, 0.6) is 0 Å². The Morgan fingerprint density at radius 3 is 1.43 bits per heavy atom. The normalized spacial score (nSPS) is 8.29. The van der Waals surface area contributed by atoms with Crippen molar-refractivity contribution < 1.29 is 19.5 Å². The van der Waals surface area contributed by atoms with E-state index in [9.17, 15) is 0 Å². The Labute approximate surface area is 99.6 Å². The van der Waals surface area contributed by atoms with Crippen molar-refractivity contribution in [2.45, 2.75) is 0 Å². The molecule has 0 aliphatic rings. The first kappa shape index (κ1) is 13.4. The summed E-state index contributed by atoms with van der Waals surface area (Å²) in [5, 5.41) is 0. The van der Waals surface area contributed by atoms with Crippen molar-refractivity contribution in [2.75, 3.05) is 0 Å². The Morgan fingerprint density at radius 1 is 0.714 bits per heavy atom. The molecule has 0 amide bonds. The van der Waals surface area contributed by atoms with Crippen LogP contribution in [0.3, 0.4) is 0 Å². The molecule has 0 N–H and O–H groups in total. The van der Waals surface area contributed by atoms with Crippen molar-refractivity contribution in [2.24, 2.45) is 0 Å². The third-order valence-electron chi connectivity index (χ3n) is 1.59. The van der Waals surface area contributed by atoms with Crippen molar-refractivity contribution in [3.8, 4) is 11.4 Å². The van der Waals surface area contributed by atoms with Gasteiger partial charge in [-0.05, 0) is 24.3 Å². The van der Waals surface area contributed by atoms with E-state index >= 15 is 0 Å². The summed E-state index contributed by atoms with van der Waals surface area (Å²) < 4.78 is 0. The summed E-state index contributed by atoms with van der Waals surface area (Å²) in [7, 11) is 0. The molecule has 2 aromatic rings.